The van der Waals surface area contributed by atoms with Gasteiger partial charge in [0.15, 0.2) is 0 Å². The summed E-state index contributed by atoms with van der Waals surface area (Å²) in [7, 11) is -3.74. The summed E-state index contributed by atoms with van der Waals surface area (Å²) in [5, 5.41) is 0. The fourth-order valence-electron chi connectivity index (χ4n) is 1.03. The third kappa shape index (κ3) is 3.86. The molecular formula is C10H16N2O3S2. The predicted octanol–water partition coefficient (Wildman–Crippen LogP) is 0.795. The summed E-state index contributed by atoms with van der Waals surface area (Å²) < 4.78 is 26.0. The molecule has 1 aromatic rings. The van der Waals surface area contributed by atoms with Crippen molar-refractivity contribution in [1.29, 1.82) is 0 Å². The van der Waals surface area contributed by atoms with E-state index in [9.17, 15) is 13.2 Å². The van der Waals surface area contributed by atoms with Gasteiger partial charge in [-0.25, -0.2) is 13.1 Å². The van der Waals surface area contributed by atoms with Crippen molar-refractivity contribution < 1.29 is 8.42 Å². The van der Waals surface area contributed by atoms with Crippen molar-refractivity contribution in [3.05, 3.63) is 28.7 Å². The molecule has 7 heteroatoms. The first kappa shape index (κ1) is 14.3. The van der Waals surface area contributed by atoms with Crippen molar-refractivity contribution in [3.63, 3.8) is 0 Å². The molecule has 1 aromatic heterocycles. The van der Waals surface area contributed by atoms with E-state index >= 15 is 0 Å². The Morgan fingerprint density at radius 1 is 1.47 bits per heavy atom. The number of rotatable bonds is 5. The van der Waals surface area contributed by atoms with Gasteiger partial charge in [-0.2, -0.15) is 11.8 Å². The minimum absolute atomic E-state index is 0.214. The number of pyridine rings is 1. The van der Waals surface area contributed by atoms with Gasteiger partial charge in [0.2, 0.25) is 15.5 Å². The normalized spacial score (nSPS) is 12.6. The number of aromatic nitrogens is 1. The van der Waals surface area contributed by atoms with Crippen molar-refractivity contribution in [1.82, 2.24) is 9.71 Å². The highest BCUT2D eigenvalue weighted by Crippen LogP contribution is 2.20. The Hall–Kier alpha value is -0.790. The molecule has 0 radical (unpaired) electrons. The zero-order chi connectivity index (χ0) is 13.1. The van der Waals surface area contributed by atoms with E-state index in [0.29, 0.717) is 0 Å². The maximum absolute atomic E-state index is 11.9. The minimum Gasteiger partial charge on any atom is -0.366 e. The number of H-pyrrole nitrogens is 1. The maximum Gasteiger partial charge on any atom is 0.245 e. The number of aromatic amines is 1. The molecule has 0 atom stereocenters. The zero-order valence-corrected chi connectivity index (χ0v) is 11.6. The summed E-state index contributed by atoms with van der Waals surface area (Å²) in [6.07, 6.45) is 4.49. The van der Waals surface area contributed by atoms with Crippen LogP contribution in [0.1, 0.15) is 13.8 Å². The van der Waals surface area contributed by atoms with Gasteiger partial charge in [-0.15, -0.1) is 0 Å². The molecule has 17 heavy (non-hydrogen) atoms. The van der Waals surface area contributed by atoms with E-state index in [0.717, 1.165) is 0 Å². The lowest BCUT2D eigenvalue weighted by Crippen LogP contribution is -2.37. The zero-order valence-electron chi connectivity index (χ0n) is 9.98. The number of thioether (sulfide) groups is 1. The summed E-state index contributed by atoms with van der Waals surface area (Å²) in [4.78, 5) is 13.8. The van der Waals surface area contributed by atoms with Gasteiger partial charge >= 0.3 is 0 Å². The van der Waals surface area contributed by atoms with Crippen molar-refractivity contribution in [2.45, 2.75) is 23.5 Å². The van der Waals surface area contributed by atoms with Crippen molar-refractivity contribution in [3.8, 4) is 0 Å². The Morgan fingerprint density at radius 3 is 2.65 bits per heavy atom. The van der Waals surface area contributed by atoms with Crippen molar-refractivity contribution in [2.24, 2.45) is 0 Å². The van der Waals surface area contributed by atoms with Gasteiger partial charge in [0, 0.05) is 29.8 Å². The first-order valence-electron chi connectivity index (χ1n) is 5.00. The molecule has 0 aromatic carbocycles. The van der Waals surface area contributed by atoms with Crippen LogP contribution in [0.4, 0.5) is 0 Å². The second-order valence-corrected chi connectivity index (χ2v) is 7.41. The topological polar surface area (TPSA) is 79.0 Å². The molecule has 1 heterocycles. The van der Waals surface area contributed by atoms with E-state index in [1.165, 1.54) is 18.5 Å². The molecule has 0 saturated carbocycles. The second kappa shape index (κ2) is 5.24. The van der Waals surface area contributed by atoms with Gasteiger partial charge in [-0.1, -0.05) is 0 Å². The Labute approximate surface area is 105 Å². The van der Waals surface area contributed by atoms with Crippen molar-refractivity contribution in [2.75, 3.05) is 12.8 Å². The number of sulfonamides is 1. The van der Waals surface area contributed by atoms with Crippen LogP contribution in [-0.2, 0) is 10.0 Å². The highest BCUT2D eigenvalue weighted by atomic mass is 32.2. The van der Waals surface area contributed by atoms with Gasteiger partial charge in [0.1, 0.15) is 4.90 Å². The van der Waals surface area contributed by atoms with E-state index in [-0.39, 0.29) is 16.2 Å². The average Bonchev–Trinajstić information content (AvgIpc) is 2.27. The molecule has 0 aliphatic rings. The largest absolute Gasteiger partial charge is 0.366 e. The van der Waals surface area contributed by atoms with Crippen LogP contribution in [0.5, 0.6) is 0 Å². The van der Waals surface area contributed by atoms with Gasteiger partial charge in [-0.05, 0) is 20.1 Å². The molecule has 0 amide bonds. The van der Waals surface area contributed by atoms with Gasteiger partial charge in [-0.3, -0.25) is 4.79 Å². The van der Waals surface area contributed by atoms with Crippen LogP contribution in [0.25, 0.3) is 0 Å². The van der Waals surface area contributed by atoms with Crippen molar-refractivity contribution >= 4 is 21.8 Å². The highest BCUT2D eigenvalue weighted by Gasteiger charge is 2.22. The molecular weight excluding hydrogens is 260 g/mol. The fraction of sp³-hybridized carbons (Fsp3) is 0.500. The van der Waals surface area contributed by atoms with E-state index in [2.05, 4.69) is 9.71 Å². The Bertz CT molecular complexity index is 534. The first-order valence-corrected chi connectivity index (χ1v) is 7.71. The lowest BCUT2D eigenvalue weighted by atomic mass is 10.2. The lowest BCUT2D eigenvalue weighted by Gasteiger charge is -2.21. The summed E-state index contributed by atoms with van der Waals surface area (Å²) >= 11 is 1.55. The van der Waals surface area contributed by atoms with Crippen LogP contribution >= 0.6 is 11.8 Å². The molecule has 0 fully saturated rings. The molecule has 1 rings (SSSR count). The summed E-state index contributed by atoms with van der Waals surface area (Å²) in [6.45, 7) is 4.12. The molecule has 0 aliphatic heterocycles. The average molecular weight is 276 g/mol. The van der Waals surface area contributed by atoms with Crippen LogP contribution in [0.2, 0.25) is 0 Å². The molecule has 2 N–H and O–H groups in total. The molecule has 0 saturated heterocycles. The summed E-state index contributed by atoms with van der Waals surface area (Å²) in [6, 6.07) is 1.19. The fourth-order valence-corrected chi connectivity index (χ4v) is 2.60. The highest BCUT2D eigenvalue weighted by molar-refractivity contribution is 8.00. The summed E-state index contributed by atoms with van der Waals surface area (Å²) in [5.41, 5.74) is -0.516. The molecule has 0 unspecified atom stereocenters. The standard InChI is InChI=1S/C10H16N2O3S2/c1-10(2,16-3)7-12-17(14,15)9-6-11-5-4-8(9)13/h4-6,12H,7H2,1-3H3,(H,11,13). The minimum atomic E-state index is -3.74. The summed E-state index contributed by atoms with van der Waals surface area (Å²) in [5.74, 6) is 0. The maximum atomic E-state index is 11.9. The smallest absolute Gasteiger partial charge is 0.245 e. The van der Waals surface area contributed by atoms with E-state index in [1.54, 1.807) is 11.8 Å². The van der Waals surface area contributed by atoms with Crippen LogP contribution in [0.3, 0.4) is 0 Å². The van der Waals surface area contributed by atoms with Gasteiger partial charge in [0.25, 0.3) is 0 Å². The third-order valence-corrected chi connectivity index (χ3v) is 4.99. The number of hydrogen-bond acceptors (Lipinski definition) is 4. The van der Waals surface area contributed by atoms with Crippen LogP contribution < -0.4 is 10.2 Å². The first-order chi connectivity index (χ1) is 7.78. The quantitative estimate of drug-likeness (QED) is 0.833. The molecule has 96 valence electrons. The molecule has 0 bridgehead atoms. The van der Waals surface area contributed by atoms with Gasteiger partial charge in [0.05, 0.1) is 0 Å². The Morgan fingerprint density at radius 2 is 2.12 bits per heavy atom. The monoisotopic (exact) mass is 276 g/mol. The van der Waals surface area contributed by atoms with E-state index in [1.807, 2.05) is 20.1 Å². The SMILES string of the molecule is CSC(C)(C)CNS(=O)(=O)c1c[nH]ccc1=O. The van der Waals surface area contributed by atoms with E-state index < -0.39 is 15.5 Å². The van der Waals surface area contributed by atoms with Crippen LogP contribution in [0, 0.1) is 0 Å². The van der Waals surface area contributed by atoms with Crippen LogP contribution in [-0.4, -0.2) is 30.9 Å². The third-order valence-electron chi connectivity index (χ3n) is 2.32. The Balaban J connectivity index is 2.92. The number of nitrogens with one attached hydrogen (secondary N) is 2. The Kier molecular flexibility index (Phi) is 4.40. The van der Waals surface area contributed by atoms with Gasteiger partial charge < -0.3 is 4.98 Å². The second-order valence-electron chi connectivity index (χ2n) is 4.16. The molecule has 0 spiro atoms. The predicted molar refractivity (Wildman–Crippen MR) is 69.8 cm³/mol. The lowest BCUT2D eigenvalue weighted by molar-refractivity contribution is 0.569. The van der Waals surface area contributed by atoms with E-state index in [4.69, 9.17) is 0 Å². The number of hydrogen-bond donors (Lipinski definition) is 2. The molecule has 5 nitrogen and oxygen atoms in total. The molecule has 0 aliphatic carbocycles. The van der Waals surface area contributed by atoms with Crippen LogP contribution in [0.15, 0.2) is 28.2 Å².